The molecular weight excluding hydrogens is 227 g/mol. The summed E-state index contributed by atoms with van der Waals surface area (Å²) in [6, 6.07) is 3.26. The molecule has 0 aromatic heterocycles. The van der Waals surface area contributed by atoms with Gasteiger partial charge in [0, 0.05) is 25.3 Å². The molecule has 0 aliphatic carbocycles. The van der Waals surface area contributed by atoms with Crippen LogP contribution in [0.5, 0.6) is 0 Å². The lowest BCUT2D eigenvalue weighted by molar-refractivity contribution is -0.384. The summed E-state index contributed by atoms with van der Waals surface area (Å²) in [5, 5.41) is 13.7. The van der Waals surface area contributed by atoms with E-state index >= 15 is 0 Å². The van der Waals surface area contributed by atoms with Crippen molar-refractivity contribution in [1.82, 2.24) is 0 Å². The molecule has 1 N–H and O–H groups in total. The average Bonchev–Trinajstić information content (AvgIpc) is 2.28. The van der Waals surface area contributed by atoms with Crippen molar-refractivity contribution < 1.29 is 14.1 Å². The van der Waals surface area contributed by atoms with Gasteiger partial charge in [-0.1, -0.05) is 6.92 Å². The third kappa shape index (κ3) is 3.67. The predicted molar refractivity (Wildman–Crippen MR) is 62.6 cm³/mol. The van der Waals surface area contributed by atoms with E-state index in [0.29, 0.717) is 6.61 Å². The van der Waals surface area contributed by atoms with Gasteiger partial charge in [-0.25, -0.2) is 4.39 Å². The molecule has 1 unspecified atom stereocenters. The molecule has 94 valence electrons. The van der Waals surface area contributed by atoms with Crippen molar-refractivity contribution in [1.29, 1.82) is 0 Å². The monoisotopic (exact) mass is 242 g/mol. The number of halogens is 1. The normalized spacial score (nSPS) is 12.2. The van der Waals surface area contributed by atoms with Crippen LogP contribution in [0, 0.1) is 15.9 Å². The Bertz CT molecular complexity index is 398. The smallest absolute Gasteiger partial charge is 0.292 e. The maximum atomic E-state index is 13.1. The highest BCUT2D eigenvalue weighted by Crippen LogP contribution is 2.25. The van der Waals surface area contributed by atoms with Crippen molar-refractivity contribution >= 4 is 11.4 Å². The zero-order valence-electron chi connectivity index (χ0n) is 9.77. The summed E-state index contributed by atoms with van der Waals surface area (Å²) in [5.74, 6) is -0.509. The Kier molecular flexibility index (Phi) is 4.84. The molecule has 1 rings (SSSR count). The van der Waals surface area contributed by atoms with Gasteiger partial charge < -0.3 is 10.1 Å². The Morgan fingerprint density at radius 2 is 2.29 bits per heavy atom. The zero-order chi connectivity index (χ0) is 12.8. The molecule has 0 amide bonds. The number of nitrogens with zero attached hydrogens (tertiary/aromatic N) is 1. The van der Waals surface area contributed by atoms with Crippen molar-refractivity contribution in [2.24, 2.45) is 0 Å². The molecule has 0 fully saturated rings. The fourth-order valence-corrected chi connectivity index (χ4v) is 1.47. The van der Waals surface area contributed by atoms with Gasteiger partial charge in [0.05, 0.1) is 11.5 Å². The van der Waals surface area contributed by atoms with Crippen LogP contribution in [0.3, 0.4) is 0 Å². The summed E-state index contributed by atoms with van der Waals surface area (Å²) < 4.78 is 18.0. The van der Waals surface area contributed by atoms with Crippen LogP contribution in [-0.4, -0.2) is 24.7 Å². The molecule has 0 radical (unpaired) electrons. The lowest BCUT2D eigenvalue weighted by Crippen LogP contribution is -2.24. The third-order valence-corrected chi connectivity index (χ3v) is 2.38. The number of nitro benzene ring substituents is 1. The second-order valence-corrected chi connectivity index (χ2v) is 3.62. The van der Waals surface area contributed by atoms with Gasteiger partial charge in [0.25, 0.3) is 5.69 Å². The molecule has 0 aliphatic heterocycles. The minimum Gasteiger partial charge on any atom is -0.383 e. The number of anilines is 1. The van der Waals surface area contributed by atoms with Crippen LogP contribution in [0.25, 0.3) is 0 Å². The molecule has 1 atom stereocenters. The van der Waals surface area contributed by atoms with Crippen LogP contribution in [0.15, 0.2) is 18.2 Å². The lowest BCUT2D eigenvalue weighted by atomic mass is 10.2. The van der Waals surface area contributed by atoms with Crippen molar-refractivity contribution in [3.63, 3.8) is 0 Å². The van der Waals surface area contributed by atoms with E-state index in [4.69, 9.17) is 4.74 Å². The van der Waals surface area contributed by atoms with Crippen LogP contribution in [0.1, 0.15) is 13.3 Å². The molecule has 0 aliphatic rings. The Hall–Kier alpha value is -1.69. The highest BCUT2D eigenvalue weighted by molar-refractivity contribution is 5.61. The van der Waals surface area contributed by atoms with E-state index in [0.717, 1.165) is 24.6 Å². The van der Waals surface area contributed by atoms with Gasteiger partial charge in [0.1, 0.15) is 11.5 Å². The number of hydrogen-bond donors (Lipinski definition) is 1. The predicted octanol–water partition coefficient (Wildman–Crippen LogP) is 2.57. The first kappa shape index (κ1) is 13.4. The molecule has 0 spiro atoms. The first-order chi connectivity index (χ1) is 8.08. The van der Waals surface area contributed by atoms with E-state index in [1.807, 2.05) is 6.92 Å². The SMILES string of the molecule is CCC(COC)Nc1cc(F)ccc1[N+](=O)[O-]. The maximum absolute atomic E-state index is 13.1. The highest BCUT2D eigenvalue weighted by atomic mass is 19.1. The van der Waals surface area contributed by atoms with E-state index in [9.17, 15) is 14.5 Å². The number of rotatable bonds is 6. The van der Waals surface area contributed by atoms with E-state index in [-0.39, 0.29) is 17.4 Å². The van der Waals surface area contributed by atoms with Crippen molar-refractivity contribution in [3.8, 4) is 0 Å². The largest absolute Gasteiger partial charge is 0.383 e. The molecule has 1 aromatic carbocycles. The summed E-state index contributed by atoms with van der Waals surface area (Å²) >= 11 is 0. The van der Waals surface area contributed by atoms with Crippen LogP contribution in [-0.2, 0) is 4.74 Å². The Morgan fingerprint density at radius 3 is 2.82 bits per heavy atom. The molecule has 1 aromatic rings. The van der Waals surface area contributed by atoms with Crippen LogP contribution in [0.2, 0.25) is 0 Å². The molecule has 0 heterocycles. The first-order valence-corrected chi connectivity index (χ1v) is 5.27. The standard InChI is InChI=1S/C11H15FN2O3/c1-3-9(7-17-2)13-10-6-8(12)4-5-11(10)14(15)16/h4-6,9,13H,3,7H2,1-2H3. The van der Waals surface area contributed by atoms with Crippen molar-refractivity contribution in [2.75, 3.05) is 19.0 Å². The topological polar surface area (TPSA) is 64.4 Å². The summed E-state index contributed by atoms with van der Waals surface area (Å²) in [7, 11) is 1.55. The fraction of sp³-hybridized carbons (Fsp3) is 0.455. The lowest BCUT2D eigenvalue weighted by Gasteiger charge is -2.17. The molecule has 5 nitrogen and oxygen atoms in total. The van der Waals surface area contributed by atoms with Gasteiger partial charge >= 0.3 is 0 Å². The maximum Gasteiger partial charge on any atom is 0.292 e. The van der Waals surface area contributed by atoms with Gasteiger partial charge in [-0.05, 0) is 12.5 Å². The second-order valence-electron chi connectivity index (χ2n) is 3.62. The van der Waals surface area contributed by atoms with Gasteiger partial charge in [-0.2, -0.15) is 0 Å². The number of hydrogen-bond acceptors (Lipinski definition) is 4. The average molecular weight is 242 g/mol. The van der Waals surface area contributed by atoms with Crippen molar-refractivity contribution in [2.45, 2.75) is 19.4 Å². The molecule has 6 heteroatoms. The number of nitrogens with one attached hydrogen (secondary N) is 1. The van der Waals surface area contributed by atoms with Gasteiger partial charge in [0.15, 0.2) is 0 Å². The van der Waals surface area contributed by atoms with E-state index in [2.05, 4.69) is 5.32 Å². The van der Waals surface area contributed by atoms with Crippen LogP contribution < -0.4 is 5.32 Å². The van der Waals surface area contributed by atoms with E-state index in [1.54, 1.807) is 7.11 Å². The Morgan fingerprint density at radius 1 is 1.59 bits per heavy atom. The molecule has 0 saturated carbocycles. The molecule has 17 heavy (non-hydrogen) atoms. The number of benzene rings is 1. The van der Waals surface area contributed by atoms with Gasteiger partial charge in [-0.15, -0.1) is 0 Å². The van der Waals surface area contributed by atoms with Gasteiger partial charge in [-0.3, -0.25) is 10.1 Å². The first-order valence-electron chi connectivity index (χ1n) is 5.27. The third-order valence-electron chi connectivity index (χ3n) is 2.38. The van der Waals surface area contributed by atoms with E-state index < -0.39 is 10.7 Å². The Balaban J connectivity index is 2.94. The highest BCUT2D eigenvalue weighted by Gasteiger charge is 2.17. The quantitative estimate of drug-likeness (QED) is 0.615. The second kappa shape index (κ2) is 6.15. The van der Waals surface area contributed by atoms with E-state index in [1.165, 1.54) is 0 Å². The molecule has 0 saturated heterocycles. The minimum absolute atomic E-state index is 0.0829. The minimum atomic E-state index is -0.540. The van der Waals surface area contributed by atoms with Gasteiger partial charge in [0.2, 0.25) is 0 Å². The summed E-state index contributed by atoms with van der Waals surface area (Å²) in [6.45, 7) is 2.33. The number of nitro groups is 1. The zero-order valence-corrected chi connectivity index (χ0v) is 9.77. The van der Waals surface area contributed by atoms with Crippen LogP contribution in [0.4, 0.5) is 15.8 Å². The molecular formula is C11H15FN2O3. The number of ether oxygens (including phenoxy) is 1. The molecule has 0 bridgehead atoms. The Labute approximate surface area is 98.7 Å². The van der Waals surface area contributed by atoms with Crippen molar-refractivity contribution in [3.05, 3.63) is 34.1 Å². The summed E-state index contributed by atoms with van der Waals surface area (Å²) in [6.07, 6.45) is 0.724. The number of methoxy groups -OCH3 is 1. The summed E-state index contributed by atoms with van der Waals surface area (Å²) in [4.78, 5) is 10.2. The van der Waals surface area contributed by atoms with Crippen LogP contribution >= 0.6 is 0 Å². The summed E-state index contributed by atoms with van der Waals surface area (Å²) in [5.41, 5.74) is 0.0415. The fourth-order valence-electron chi connectivity index (χ4n) is 1.47.